The smallest absolute Gasteiger partial charge is 0.416 e. The Balaban J connectivity index is 2.74. The normalized spacial score (nSPS) is 13.4. The van der Waals surface area contributed by atoms with Crippen LogP contribution in [0.5, 0.6) is 5.75 Å². The van der Waals surface area contributed by atoms with E-state index in [1.165, 1.54) is 6.07 Å². The number of nitrogen functional groups attached to an aromatic ring is 1. The first-order valence-electron chi connectivity index (χ1n) is 5.55. The van der Waals surface area contributed by atoms with Crippen molar-refractivity contribution in [2.45, 2.75) is 26.1 Å². The van der Waals surface area contributed by atoms with Crippen LogP contribution in [-0.4, -0.2) is 19.3 Å². The standard InChI is InChI=1S/C12H16F3NO2/c1-3-17-7-8(2)18-11-5-4-9(6-10(11)16)12(13,14)15/h4-6,8H,3,7,16H2,1-2H3. The first kappa shape index (κ1) is 14.6. The van der Waals surface area contributed by atoms with Gasteiger partial charge in [-0.2, -0.15) is 13.2 Å². The summed E-state index contributed by atoms with van der Waals surface area (Å²) < 4.78 is 47.8. The van der Waals surface area contributed by atoms with Gasteiger partial charge in [-0.3, -0.25) is 0 Å². The second kappa shape index (κ2) is 5.95. The molecule has 0 aromatic heterocycles. The molecule has 0 heterocycles. The van der Waals surface area contributed by atoms with Crippen LogP contribution in [0.3, 0.4) is 0 Å². The van der Waals surface area contributed by atoms with Crippen molar-refractivity contribution in [2.75, 3.05) is 18.9 Å². The van der Waals surface area contributed by atoms with Crippen molar-refractivity contribution < 1.29 is 22.6 Å². The fourth-order valence-electron chi connectivity index (χ4n) is 1.37. The number of hydrogen-bond donors (Lipinski definition) is 1. The van der Waals surface area contributed by atoms with Crippen molar-refractivity contribution in [3.63, 3.8) is 0 Å². The van der Waals surface area contributed by atoms with Crippen LogP contribution < -0.4 is 10.5 Å². The maximum absolute atomic E-state index is 12.4. The number of anilines is 1. The molecule has 0 aliphatic rings. The number of nitrogens with two attached hydrogens (primary N) is 1. The lowest BCUT2D eigenvalue weighted by Crippen LogP contribution is -2.19. The van der Waals surface area contributed by atoms with E-state index in [-0.39, 0.29) is 17.5 Å². The molecule has 0 fully saturated rings. The van der Waals surface area contributed by atoms with E-state index in [0.29, 0.717) is 13.2 Å². The lowest BCUT2D eigenvalue weighted by molar-refractivity contribution is -0.137. The summed E-state index contributed by atoms with van der Waals surface area (Å²) in [7, 11) is 0. The molecule has 1 unspecified atom stereocenters. The molecule has 1 aromatic carbocycles. The first-order valence-corrected chi connectivity index (χ1v) is 5.55. The maximum Gasteiger partial charge on any atom is 0.416 e. The molecule has 1 rings (SSSR count). The Morgan fingerprint density at radius 1 is 1.33 bits per heavy atom. The quantitative estimate of drug-likeness (QED) is 0.830. The molecule has 6 heteroatoms. The Morgan fingerprint density at radius 2 is 2.00 bits per heavy atom. The lowest BCUT2D eigenvalue weighted by Gasteiger charge is -2.17. The molecule has 0 spiro atoms. The minimum Gasteiger partial charge on any atom is -0.486 e. The highest BCUT2D eigenvalue weighted by Crippen LogP contribution is 2.33. The van der Waals surface area contributed by atoms with Gasteiger partial charge in [0.05, 0.1) is 17.9 Å². The van der Waals surface area contributed by atoms with E-state index in [1.807, 2.05) is 6.92 Å². The number of halogens is 3. The van der Waals surface area contributed by atoms with Gasteiger partial charge in [0.15, 0.2) is 0 Å². The maximum atomic E-state index is 12.4. The largest absolute Gasteiger partial charge is 0.486 e. The van der Waals surface area contributed by atoms with Crippen LogP contribution in [0, 0.1) is 0 Å². The summed E-state index contributed by atoms with van der Waals surface area (Å²) in [6, 6.07) is 3.03. The van der Waals surface area contributed by atoms with Crippen LogP contribution >= 0.6 is 0 Å². The van der Waals surface area contributed by atoms with Crippen LogP contribution in [0.25, 0.3) is 0 Å². The molecule has 0 bridgehead atoms. The molecule has 0 amide bonds. The summed E-state index contributed by atoms with van der Waals surface area (Å²) in [5.74, 6) is 0.232. The van der Waals surface area contributed by atoms with Crippen molar-refractivity contribution >= 4 is 5.69 Å². The van der Waals surface area contributed by atoms with Crippen LogP contribution in [0.2, 0.25) is 0 Å². The third-order valence-electron chi connectivity index (χ3n) is 2.22. The Morgan fingerprint density at radius 3 is 2.50 bits per heavy atom. The summed E-state index contributed by atoms with van der Waals surface area (Å²) in [5.41, 5.74) is 4.71. The molecule has 0 saturated carbocycles. The average Bonchev–Trinajstić information content (AvgIpc) is 2.27. The summed E-state index contributed by atoms with van der Waals surface area (Å²) in [4.78, 5) is 0. The molecule has 3 nitrogen and oxygen atoms in total. The zero-order chi connectivity index (χ0) is 13.8. The molecular formula is C12H16F3NO2. The van der Waals surface area contributed by atoms with E-state index >= 15 is 0 Å². The summed E-state index contributed by atoms with van der Waals surface area (Å²) in [5, 5.41) is 0. The van der Waals surface area contributed by atoms with Crippen LogP contribution in [0.1, 0.15) is 19.4 Å². The zero-order valence-corrected chi connectivity index (χ0v) is 10.3. The van der Waals surface area contributed by atoms with Gasteiger partial charge in [0.1, 0.15) is 11.9 Å². The van der Waals surface area contributed by atoms with Gasteiger partial charge >= 0.3 is 6.18 Å². The Hall–Kier alpha value is -1.43. The van der Waals surface area contributed by atoms with E-state index in [1.54, 1.807) is 6.92 Å². The van der Waals surface area contributed by atoms with E-state index in [9.17, 15) is 13.2 Å². The number of alkyl halides is 3. The minimum absolute atomic E-state index is 0.0341. The number of ether oxygens (including phenoxy) is 2. The molecular weight excluding hydrogens is 247 g/mol. The fourth-order valence-corrected chi connectivity index (χ4v) is 1.37. The van der Waals surface area contributed by atoms with Gasteiger partial charge < -0.3 is 15.2 Å². The molecule has 0 aliphatic carbocycles. The first-order chi connectivity index (χ1) is 8.34. The minimum atomic E-state index is -4.40. The highest BCUT2D eigenvalue weighted by atomic mass is 19.4. The van der Waals surface area contributed by atoms with Gasteiger partial charge in [-0.15, -0.1) is 0 Å². The molecule has 0 radical (unpaired) electrons. The number of benzene rings is 1. The van der Waals surface area contributed by atoms with Gasteiger partial charge in [-0.1, -0.05) is 0 Å². The lowest BCUT2D eigenvalue weighted by atomic mass is 10.2. The Labute approximate surface area is 104 Å². The van der Waals surface area contributed by atoms with E-state index in [2.05, 4.69) is 0 Å². The van der Waals surface area contributed by atoms with Crippen molar-refractivity contribution in [1.82, 2.24) is 0 Å². The fraction of sp³-hybridized carbons (Fsp3) is 0.500. The van der Waals surface area contributed by atoms with Gasteiger partial charge in [0.25, 0.3) is 0 Å². The third kappa shape index (κ3) is 4.10. The summed E-state index contributed by atoms with van der Waals surface area (Å²) >= 11 is 0. The molecule has 1 atom stereocenters. The van der Waals surface area contributed by atoms with Gasteiger partial charge in [0, 0.05) is 6.61 Å². The Bertz CT molecular complexity index is 393. The molecule has 0 saturated heterocycles. The second-order valence-corrected chi connectivity index (χ2v) is 3.84. The third-order valence-corrected chi connectivity index (χ3v) is 2.22. The molecule has 102 valence electrons. The van der Waals surface area contributed by atoms with Crippen LogP contribution in [0.4, 0.5) is 18.9 Å². The predicted octanol–water partition coefficient (Wildman–Crippen LogP) is 3.09. The predicted molar refractivity (Wildman–Crippen MR) is 62.4 cm³/mol. The van der Waals surface area contributed by atoms with Gasteiger partial charge in [0.2, 0.25) is 0 Å². The van der Waals surface area contributed by atoms with Crippen LogP contribution in [-0.2, 0) is 10.9 Å². The van der Waals surface area contributed by atoms with E-state index in [0.717, 1.165) is 12.1 Å². The summed E-state index contributed by atoms with van der Waals surface area (Å²) in [6.07, 6.45) is -4.67. The zero-order valence-electron chi connectivity index (χ0n) is 10.3. The molecule has 0 aliphatic heterocycles. The number of hydrogen-bond acceptors (Lipinski definition) is 3. The van der Waals surface area contributed by atoms with Crippen molar-refractivity contribution in [2.24, 2.45) is 0 Å². The monoisotopic (exact) mass is 263 g/mol. The van der Waals surface area contributed by atoms with E-state index in [4.69, 9.17) is 15.2 Å². The highest BCUT2D eigenvalue weighted by Gasteiger charge is 2.31. The van der Waals surface area contributed by atoms with Gasteiger partial charge in [-0.25, -0.2) is 0 Å². The number of rotatable bonds is 5. The van der Waals surface area contributed by atoms with Gasteiger partial charge in [-0.05, 0) is 32.0 Å². The summed E-state index contributed by atoms with van der Waals surface area (Å²) in [6.45, 7) is 4.51. The van der Waals surface area contributed by atoms with Crippen molar-refractivity contribution in [3.8, 4) is 5.75 Å². The van der Waals surface area contributed by atoms with E-state index < -0.39 is 11.7 Å². The molecule has 18 heavy (non-hydrogen) atoms. The molecule has 2 N–H and O–H groups in total. The van der Waals surface area contributed by atoms with Crippen molar-refractivity contribution in [1.29, 1.82) is 0 Å². The Kier molecular flexibility index (Phi) is 4.84. The van der Waals surface area contributed by atoms with Crippen molar-refractivity contribution in [3.05, 3.63) is 23.8 Å². The van der Waals surface area contributed by atoms with Crippen LogP contribution in [0.15, 0.2) is 18.2 Å². The SMILES string of the molecule is CCOCC(C)Oc1ccc(C(F)(F)F)cc1N. The topological polar surface area (TPSA) is 44.5 Å². The highest BCUT2D eigenvalue weighted by molar-refractivity contribution is 5.54. The molecule has 1 aromatic rings. The second-order valence-electron chi connectivity index (χ2n) is 3.84. The average molecular weight is 263 g/mol.